The van der Waals surface area contributed by atoms with Crippen molar-refractivity contribution in [2.75, 3.05) is 36.0 Å². The number of piperidine rings is 1. The van der Waals surface area contributed by atoms with Crippen LogP contribution >= 0.6 is 11.3 Å². The Kier molecular flexibility index (Phi) is 9.21. The van der Waals surface area contributed by atoms with E-state index in [2.05, 4.69) is 10.0 Å². The maximum atomic E-state index is 13.1. The van der Waals surface area contributed by atoms with Crippen molar-refractivity contribution in [3.8, 4) is 16.2 Å². The zero-order valence-corrected chi connectivity index (χ0v) is 24.4. The molecular weight excluding hydrogens is 594 g/mol. The van der Waals surface area contributed by atoms with Gasteiger partial charge in [0, 0.05) is 29.7 Å². The Hall–Kier alpha value is -3.66. The third-order valence-electron chi connectivity index (χ3n) is 6.26. The molecule has 15 heteroatoms. The van der Waals surface area contributed by atoms with Crippen molar-refractivity contribution < 1.29 is 41.4 Å². The number of aliphatic carboxylic acids is 1. The number of carboxylic acid groups (broad SMARTS) is 2. The van der Waals surface area contributed by atoms with Crippen LogP contribution in [-0.2, 0) is 30.6 Å². The number of aromatic carboxylic acids is 1. The van der Waals surface area contributed by atoms with Crippen molar-refractivity contribution in [2.24, 2.45) is 0 Å². The number of ether oxygens (including phenoxy) is 1. The molecule has 0 unspecified atom stereocenters. The molecule has 0 bridgehead atoms. The summed E-state index contributed by atoms with van der Waals surface area (Å²) in [4.78, 5) is 23.0. The van der Waals surface area contributed by atoms with Crippen LogP contribution in [0.1, 0.15) is 28.1 Å². The molecule has 4 rings (SSSR count). The highest BCUT2D eigenvalue weighted by Crippen LogP contribution is 2.37. The van der Waals surface area contributed by atoms with E-state index >= 15 is 0 Å². The van der Waals surface area contributed by atoms with Gasteiger partial charge in [0.2, 0.25) is 20.0 Å². The first-order chi connectivity index (χ1) is 19.3. The molecule has 0 spiro atoms. The van der Waals surface area contributed by atoms with Gasteiger partial charge >= 0.3 is 11.9 Å². The predicted octanol–water partition coefficient (Wildman–Crippen LogP) is 3.35. The topological polar surface area (TPSA) is 179 Å². The number of hydrogen-bond acceptors (Lipinski definition) is 9. The number of para-hydroxylation sites is 1. The van der Waals surface area contributed by atoms with Crippen molar-refractivity contribution in [1.82, 2.24) is 4.31 Å². The molecule has 1 aromatic heterocycles. The van der Waals surface area contributed by atoms with E-state index in [9.17, 15) is 31.5 Å². The van der Waals surface area contributed by atoms with E-state index in [-0.39, 0.29) is 28.1 Å². The van der Waals surface area contributed by atoms with Gasteiger partial charge in [0.05, 0.1) is 17.7 Å². The van der Waals surface area contributed by atoms with E-state index in [1.54, 1.807) is 30.3 Å². The molecule has 0 amide bonds. The SMILES string of the molecule is CS(=O)(=O)Nc1ccccc1CS(=O)(=O)N1CCC(Nc2cccc(-c3cc(OCC(=O)O)c(C(=O)O)s3)c2)CC1. The highest BCUT2D eigenvalue weighted by Gasteiger charge is 2.29. The molecular formula is C26H29N3O9S3. The normalized spacial score (nSPS) is 14.9. The average molecular weight is 624 g/mol. The Morgan fingerprint density at radius 1 is 1.02 bits per heavy atom. The van der Waals surface area contributed by atoms with E-state index in [0.29, 0.717) is 41.9 Å². The Morgan fingerprint density at radius 3 is 2.39 bits per heavy atom. The zero-order chi connectivity index (χ0) is 29.8. The molecule has 1 saturated heterocycles. The van der Waals surface area contributed by atoms with Crippen molar-refractivity contribution >= 4 is 54.7 Å². The number of rotatable bonds is 12. The Bertz CT molecular complexity index is 1640. The zero-order valence-electron chi connectivity index (χ0n) is 21.9. The Balaban J connectivity index is 1.40. The predicted molar refractivity (Wildman–Crippen MR) is 156 cm³/mol. The second kappa shape index (κ2) is 12.5. The van der Waals surface area contributed by atoms with Gasteiger partial charge in [-0.3, -0.25) is 4.72 Å². The van der Waals surface area contributed by atoms with Gasteiger partial charge in [-0.05, 0) is 48.2 Å². The number of carbonyl (C=O) groups is 2. The molecule has 1 aliphatic heterocycles. The largest absolute Gasteiger partial charge is 0.480 e. The van der Waals surface area contributed by atoms with E-state index in [1.165, 1.54) is 16.4 Å². The highest BCUT2D eigenvalue weighted by molar-refractivity contribution is 7.92. The van der Waals surface area contributed by atoms with Crippen LogP contribution in [-0.4, -0.2) is 75.3 Å². The molecule has 0 atom stereocenters. The number of benzene rings is 2. The molecule has 12 nitrogen and oxygen atoms in total. The van der Waals surface area contributed by atoms with Crippen LogP contribution in [0.15, 0.2) is 54.6 Å². The number of thiophene rings is 1. The van der Waals surface area contributed by atoms with Crippen LogP contribution in [0.4, 0.5) is 11.4 Å². The molecule has 1 aliphatic rings. The van der Waals surface area contributed by atoms with E-state index in [0.717, 1.165) is 23.3 Å². The fourth-order valence-electron chi connectivity index (χ4n) is 4.42. The van der Waals surface area contributed by atoms with Crippen LogP contribution in [0.3, 0.4) is 0 Å². The molecule has 1 fully saturated rings. The van der Waals surface area contributed by atoms with Crippen molar-refractivity contribution in [3.63, 3.8) is 0 Å². The van der Waals surface area contributed by atoms with Gasteiger partial charge < -0.3 is 20.3 Å². The van der Waals surface area contributed by atoms with Crippen LogP contribution in [0.25, 0.3) is 10.4 Å². The summed E-state index contributed by atoms with van der Waals surface area (Å²) < 4.78 is 58.6. The molecule has 41 heavy (non-hydrogen) atoms. The molecule has 0 aliphatic carbocycles. The summed E-state index contributed by atoms with van der Waals surface area (Å²) in [6.45, 7) is -0.0758. The molecule has 3 aromatic rings. The fraction of sp³-hybridized carbons (Fsp3) is 0.308. The minimum atomic E-state index is -3.70. The van der Waals surface area contributed by atoms with Gasteiger partial charge in [-0.2, -0.15) is 0 Å². The third-order valence-corrected chi connectivity index (χ3v) is 9.83. The summed E-state index contributed by atoms with van der Waals surface area (Å²) in [6, 6.07) is 15.2. The number of nitrogens with zero attached hydrogens (tertiary/aromatic N) is 1. The minimum absolute atomic E-state index is 0.0109. The Labute approximate surface area is 241 Å². The lowest BCUT2D eigenvalue weighted by atomic mass is 10.1. The van der Waals surface area contributed by atoms with Crippen molar-refractivity contribution in [3.05, 3.63) is 65.0 Å². The van der Waals surface area contributed by atoms with E-state index < -0.39 is 38.6 Å². The number of sulfonamides is 2. The number of anilines is 2. The second-order valence-electron chi connectivity index (χ2n) is 9.48. The summed E-state index contributed by atoms with van der Waals surface area (Å²) >= 11 is 0.978. The molecule has 4 N–H and O–H groups in total. The first-order valence-corrected chi connectivity index (χ1v) is 16.7. The molecule has 2 heterocycles. The first-order valence-electron chi connectivity index (χ1n) is 12.4. The molecule has 2 aromatic carbocycles. The maximum Gasteiger partial charge on any atom is 0.349 e. The Morgan fingerprint density at radius 2 is 1.73 bits per heavy atom. The first kappa shape index (κ1) is 30.3. The lowest BCUT2D eigenvalue weighted by Crippen LogP contribution is -2.42. The minimum Gasteiger partial charge on any atom is -0.480 e. The van der Waals surface area contributed by atoms with Gasteiger partial charge in [0.15, 0.2) is 11.5 Å². The van der Waals surface area contributed by atoms with Crippen molar-refractivity contribution in [1.29, 1.82) is 0 Å². The summed E-state index contributed by atoms with van der Waals surface area (Å²) in [6.07, 6.45) is 2.09. The fourth-order valence-corrected chi connectivity index (χ4v) is 7.55. The van der Waals surface area contributed by atoms with E-state index in [4.69, 9.17) is 9.84 Å². The van der Waals surface area contributed by atoms with Crippen LogP contribution in [0.5, 0.6) is 5.75 Å². The van der Waals surface area contributed by atoms with E-state index in [1.807, 2.05) is 12.1 Å². The third kappa shape index (κ3) is 8.19. The highest BCUT2D eigenvalue weighted by atomic mass is 32.2. The summed E-state index contributed by atoms with van der Waals surface area (Å²) in [5, 5.41) is 21.8. The van der Waals surface area contributed by atoms with Crippen LogP contribution in [0, 0.1) is 0 Å². The standard InChI is InChI=1S/C26H29N3O9S3/c1-40(34,35)28-21-8-3-2-5-18(21)16-41(36,37)29-11-9-19(10-12-29)27-20-7-4-6-17(13-20)23-14-22(38-15-24(30)31)25(39-23)26(32)33/h2-8,13-14,19,27-28H,9-12,15-16H2,1H3,(H,30,31)(H,32,33). The molecule has 0 saturated carbocycles. The number of carboxylic acids is 2. The smallest absolute Gasteiger partial charge is 0.349 e. The van der Waals surface area contributed by atoms with Crippen LogP contribution in [0.2, 0.25) is 0 Å². The van der Waals surface area contributed by atoms with Gasteiger partial charge in [-0.25, -0.2) is 30.7 Å². The van der Waals surface area contributed by atoms with Crippen LogP contribution < -0.4 is 14.8 Å². The summed E-state index contributed by atoms with van der Waals surface area (Å²) in [5.74, 6) is -2.77. The van der Waals surface area contributed by atoms with Gasteiger partial charge in [0.1, 0.15) is 5.75 Å². The lowest BCUT2D eigenvalue weighted by molar-refractivity contribution is -0.139. The van der Waals surface area contributed by atoms with Gasteiger partial charge in [0.25, 0.3) is 0 Å². The number of nitrogens with one attached hydrogen (secondary N) is 2. The number of hydrogen-bond donors (Lipinski definition) is 4. The summed E-state index contributed by atoms with van der Waals surface area (Å²) in [5.41, 5.74) is 2.08. The molecule has 220 valence electrons. The molecule has 0 radical (unpaired) electrons. The van der Waals surface area contributed by atoms with Gasteiger partial charge in [-0.15, -0.1) is 11.3 Å². The summed E-state index contributed by atoms with van der Waals surface area (Å²) in [7, 11) is -7.27. The quantitative estimate of drug-likeness (QED) is 0.234. The monoisotopic (exact) mass is 623 g/mol. The van der Waals surface area contributed by atoms with Gasteiger partial charge in [-0.1, -0.05) is 30.3 Å². The second-order valence-corrected chi connectivity index (χ2v) is 14.2. The maximum absolute atomic E-state index is 13.1. The lowest BCUT2D eigenvalue weighted by Gasteiger charge is -2.32. The van der Waals surface area contributed by atoms with Crippen molar-refractivity contribution in [2.45, 2.75) is 24.6 Å². The average Bonchev–Trinajstić information content (AvgIpc) is 3.33.